The quantitative estimate of drug-likeness (QED) is 0.803. The molecule has 3 rings (SSSR count). The van der Waals surface area contributed by atoms with Crippen LogP contribution in [0.15, 0.2) is 12.1 Å². The summed E-state index contributed by atoms with van der Waals surface area (Å²) in [5.41, 5.74) is 0.388. The second-order valence-electron chi connectivity index (χ2n) is 5.54. The van der Waals surface area contributed by atoms with Crippen molar-refractivity contribution in [2.45, 2.75) is 44.2 Å². The van der Waals surface area contributed by atoms with E-state index in [2.05, 4.69) is 9.88 Å². The molecule has 2 fully saturated rings. The SMILES string of the molecule is N#Cc1ccc(OC2CCN(C3CCC3)CC2)nc1Cl. The molecule has 1 saturated carbocycles. The molecule has 0 bridgehead atoms. The maximum Gasteiger partial charge on any atom is 0.214 e. The first kappa shape index (κ1) is 13.7. The highest BCUT2D eigenvalue weighted by Gasteiger charge is 2.29. The second-order valence-corrected chi connectivity index (χ2v) is 5.90. The van der Waals surface area contributed by atoms with Gasteiger partial charge in [0.2, 0.25) is 5.88 Å². The van der Waals surface area contributed by atoms with Crippen LogP contribution in [-0.4, -0.2) is 35.1 Å². The third-order valence-corrected chi connectivity index (χ3v) is 4.59. The Morgan fingerprint density at radius 3 is 2.55 bits per heavy atom. The standard InChI is InChI=1S/C15H18ClN3O/c16-15-11(10-17)4-5-14(18-15)20-13-6-8-19(9-7-13)12-2-1-3-12/h4-5,12-13H,1-3,6-9H2. The van der Waals surface area contributed by atoms with Gasteiger partial charge in [-0.1, -0.05) is 18.0 Å². The number of piperidine rings is 1. The molecule has 20 heavy (non-hydrogen) atoms. The zero-order valence-electron chi connectivity index (χ0n) is 11.4. The molecule has 1 aromatic rings. The highest BCUT2D eigenvalue weighted by molar-refractivity contribution is 6.30. The number of aromatic nitrogens is 1. The van der Waals surface area contributed by atoms with Crippen LogP contribution in [0.2, 0.25) is 5.15 Å². The lowest BCUT2D eigenvalue weighted by atomic mass is 9.90. The first-order chi connectivity index (χ1) is 9.76. The van der Waals surface area contributed by atoms with Gasteiger partial charge in [-0.2, -0.15) is 5.26 Å². The highest BCUT2D eigenvalue weighted by Crippen LogP contribution is 2.28. The van der Waals surface area contributed by atoms with E-state index in [-0.39, 0.29) is 11.3 Å². The van der Waals surface area contributed by atoms with Gasteiger partial charge in [-0.25, -0.2) is 4.98 Å². The predicted octanol–water partition coefficient (Wildman–Crippen LogP) is 3.00. The Morgan fingerprint density at radius 1 is 1.25 bits per heavy atom. The van der Waals surface area contributed by atoms with Gasteiger partial charge in [0.15, 0.2) is 5.15 Å². The van der Waals surface area contributed by atoms with Crippen LogP contribution in [0.3, 0.4) is 0 Å². The molecule has 1 aromatic heterocycles. The lowest BCUT2D eigenvalue weighted by molar-refractivity contribution is 0.0475. The Balaban J connectivity index is 1.54. The summed E-state index contributed by atoms with van der Waals surface area (Å²) >= 11 is 5.92. The van der Waals surface area contributed by atoms with E-state index in [1.807, 2.05) is 6.07 Å². The molecule has 4 nitrogen and oxygen atoms in total. The van der Waals surface area contributed by atoms with Crippen LogP contribution in [0.5, 0.6) is 5.88 Å². The molecule has 0 N–H and O–H groups in total. The topological polar surface area (TPSA) is 49.1 Å². The number of hydrogen-bond donors (Lipinski definition) is 0. The van der Waals surface area contributed by atoms with Crippen LogP contribution in [-0.2, 0) is 0 Å². The summed E-state index contributed by atoms with van der Waals surface area (Å²) in [5.74, 6) is 0.524. The van der Waals surface area contributed by atoms with Crippen molar-refractivity contribution < 1.29 is 4.74 Å². The van der Waals surface area contributed by atoms with Crippen LogP contribution in [0.25, 0.3) is 0 Å². The Hall–Kier alpha value is -1.31. The third-order valence-electron chi connectivity index (χ3n) is 4.30. The summed E-state index contributed by atoms with van der Waals surface area (Å²) < 4.78 is 5.88. The van der Waals surface area contributed by atoms with Crippen molar-refractivity contribution in [3.05, 3.63) is 22.8 Å². The van der Waals surface area contributed by atoms with Crippen molar-refractivity contribution in [1.29, 1.82) is 5.26 Å². The summed E-state index contributed by atoms with van der Waals surface area (Å²) in [6.45, 7) is 2.22. The van der Waals surface area contributed by atoms with E-state index in [1.54, 1.807) is 12.1 Å². The first-order valence-electron chi connectivity index (χ1n) is 7.23. The van der Waals surface area contributed by atoms with E-state index in [4.69, 9.17) is 21.6 Å². The molecule has 1 aliphatic heterocycles. The molecule has 0 spiro atoms. The number of halogens is 1. The smallest absolute Gasteiger partial charge is 0.214 e. The second kappa shape index (κ2) is 5.99. The van der Waals surface area contributed by atoms with Crippen molar-refractivity contribution in [3.8, 4) is 11.9 Å². The van der Waals surface area contributed by atoms with Gasteiger partial charge in [-0.3, -0.25) is 0 Å². The predicted molar refractivity (Wildman–Crippen MR) is 76.8 cm³/mol. The van der Waals surface area contributed by atoms with E-state index in [1.165, 1.54) is 19.3 Å². The highest BCUT2D eigenvalue weighted by atomic mass is 35.5. The van der Waals surface area contributed by atoms with Crippen molar-refractivity contribution in [1.82, 2.24) is 9.88 Å². The van der Waals surface area contributed by atoms with E-state index >= 15 is 0 Å². The summed E-state index contributed by atoms with van der Waals surface area (Å²) in [5, 5.41) is 9.04. The van der Waals surface area contributed by atoms with Crippen LogP contribution >= 0.6 is 11.6 Å². The number of rotatable bonds is 3. The normalized spacial score (nSPS) is 21.2. The number of nitriles is 1. The molecule has 0 radical (unpaired) electrons. The molecule has 0 atom stereocenters. The van der Waals surface area contributed by atoms with Crippen molar-refractivity contribution in [2.24, 2.45) is 0 Å². The fourth-order valence-corrected chi connectivity index (χ4v) is 3.04. The molecule has 0 amide bonds. The maximum atomic E-state index is 8.82. The van der Waals surface area contributed by atoms with Crippen LogP contribution < -0.4 is 4.74 Å². The lowest BCUT2D eigenvalue weighted by Gasteiger charge is -2.41. The van der Waals surface area contributed by atoms with E-state index in [0.717, 1.165) is 32.0 Å². The zero-order valence-corrected chi connectivity index (χ0v) is 12.1. The van der Waals surface area contributed by atoms with Gasteiger partial charge in [0.05, 0.1) is 5.56 Å². The molecule has 1 aliphatic carbocycles. The minimum Gasteiger partial charge on any atom is -0.474 e. The van der Waals surface area contributed by atoms with E-state index in [9.17, 15) is 0 Å². The fraction of sp³-hybridized carbons (Fsp3) is 0.600. The van der Waals surface area contributed by atoms with Crippen molar-refractivity contribution in [2.75, 3.05) is 13.1 Å². The van der Waals surface area contributed by atoms with Crippen LogP contribution in [0.1, 0.15) is 37.7 Å². The van der Waals surface area contributed by atoms with Gasteiger partial charge in [0, 0.05) is 25.2 Å². The Bertz CT molecular complexity index is 516. The number of ether oxygens (including phenoxy) is 1. The Labute approximate surface area is 124 Å². The minimum absolute atomic E-state index is 0.211. The number of likely N-dealkylation sites (tertiary alicyclic amines) is 1. The molecule has 106 valence electrons. The van der Waals surface area contributed by atoms with Gasteiger partial charge in [0.1, 0.15) is 12.2 Å². The molecule has 0 aromatic carbocycles. The Kier molecular flexibility index (Phi) is 4.09. The fourth-order valence-electron chi connectivity index (χ4n) is 2.85. The maximum absolute atomic E-state index is 8.82. The van der Waals surface area contributed by atoms with Gasteiger partial charge in [-0.15, -0.1) is 0 Å². The summed E-state index contributed by atoms with van der Waals surface area (Å²) in [6.07, 6.45) is 6.39. The van der Waals surface area contributed by atoms with Crippen molar-refractivity contribution >= 4 is 11.6 Å². The number of pyridine rings is 1. The molecule has 2 aliphatic rings. The third kappa shape index (κ3) is 2.89. The summed E-state index contributed by atoms with van der Waals surface area (Å²) in [7, 11) is 0. The van der Waals surface area contributed by atoms with Gasteiger partial charge >= 0.3 is 0 Å². The molecule has 0 unspecified atom stereocenters. The zero-order chi connectivity index (χ0) is 13.9. The summed E-state index contributed by atoms with van der Waals surface area (Å²) in [6, 6.07) is 6.20. The molecular formula is C15H18ClN3O. The first-order valence-corrected chi connectivity index (χ1v) is 7.61. The number of hydrogen-bond acceptors (Lipinski definition) is 4. The molecular weight excluding hydrogens is 274 g/mol. The van der Waals surface area contributed by atoms with Gasteiger partial charge in [-0.05, 0) is 31.7 Å². The largest absolute Gasteiger partial charge is 0.474 e. The van der Waals surface area contributed by atoms with Gasteiger partial charge < -0.3 is 9.64 Å². The lowest BCUT2D eigenvalue weighted by Crippen LogP contribution is -2.46. The molecule has 1 saturated heterocycles. The average Bonchev–Trinajstić information content (AvgIpc) is 2.39. The average molecular weight is 292 g/mol. The molecule has 2 heterocycles. The van der Waals surface area contributed by atoms with Crippen molar-refractivity contribution in [3.63, 3.8) is 0 Å². The minimum atomic E-state index is 0.211. The van der Waals surface area contributed by atoms with Crippen LogP contribution in [0.4, 0.5) is 0 Å². The number of nitrogens with zero attached hydrogens (tertiary/aromatic N) is 3. The van der Waals surface area contributed by atoms with E-state index in [0.29, 0.717) is 11.4 Å². The summed E-state index contributed by atoms with van der Waals surface area (Å²) in [4.78, 5) is 6.71. The van der Waals surface area contributed by atoms with E-state index < -0.39 is 0 Å². The Morgan fingerprint density at radius 2 is 2.00 bits per heavy atom. The van der Waals surface area contributed by atoms with Crippen LogP contribution in [0, 0.1) is 11.3 Å². The monoisotopic (exact) mass is 291 g/mol. The van der Waals surface area contributed by atoms with Gasteiger partial charge in [0.25, 0.3) is 0 Å². The molecule has 5 heteroatoms.